The molecule has 0 heterocycles. The molecule has 2 rings (SSSR count). The molecule has 0 fully saturated rings. The van der Waals surface area contributed by atoms with Crippen LogP contribution in [0.3, 0.4) is 0 Å². The van der Waals surface area contributed by atoms with Gasteiger partial charge in [0.15, 0.2) is 11.5 Å². The van der Waals surface area contributed by atoms with Crippen molar-refractivity contribution in [2.45, 2.75) is 19.8 Å². The van der Waals surface area contributed by atoms with E-state index in [2.05, 4.69) is 4.74 Å². The predicted octanol–water partition coefficient (Wildman–Crippen LogP) is 4.75. The van der Waals surface area contributed by atoms with Crippen molar-refractivity contribution >= 4 is 12.0 Å². The number of unbranched alkanes of at least 4 members (excludes halogenated alkanes) is 1. The number of carbonyl (C=O) groups is 1. The third-order valence-electron chi connectivity index (χ3n) is 3.89. The van der Waals surface area contributed by atoms with Crippen LogP contribution in [0.2, 0.25) is 0 Å². The molecule has 5 nitrogen and oxygen atoms in total. The van der Waals surface area contributed by atoms with Crippen LogP contribution in [0.1, 0.15) is 35.7 Å². The van der Waals surface area contributed by atoms with Crippen molar-refractivity contribution in [3.8, 4) is 17.2 Å². The molecule has 0 unspecified atom stereocenters. The van der Waals surface area contributed by atoms with Crippen LogP contribution < -0.4 is 14.2 Å². The zero-order chi connectivity index (χ0) is 19.5. The number of esters is 1. The first-order valence-electron chi connectivity index (χ1n) is 8.92. The van der Waals surface area contributed by atoms with Crippen molar-refractivity contribution in [1.82, 2.24) is 0 Å². The summed E-state index contributed by atoms with van der Waals surface area (Å²) in [5.74, 6) is 1.84. The zero-order valence-corrected chi connectivity index (χ0v) is 16.1. The second-order valence-corrected chi connectivity index (χ2v) is 5.83. The normalized spacial score (nSPS) is 10.6. The van der Waals surface area contributed by atoms with Crippen LogP contribution in [0.5, 0.6) is 17.2 Å². The average molecular weight is 370 g/mol. The van der Waals surface area contributed by atoms with Gasteiger partial charge in [0.25, 0.3) is 0 Å². The van der Waals surface area contributed by atoms with Gasteiger partial charge in [-0.3, -0.25) is 0 Å². The Balaban J connectivity index is 1.71. The van der Waals surface area contributed by atoms with Crippen LogP contribution in [0, 0.1) is 0 Å². The molecule has 27 heavy (non-hydrogen) atoms. The minimum Gasteiger partial charge on any atom is -0.494 e. The Kier molecular flexibility index (Phi) is 8.23. The molecule has 0 aliphatic carbocycles. The Morgan fingerprint density at radius 2 is 1.63 bits per heavy atom. The molecule has 0 aromatic heterocycles. The Bertz CT molecular complexity index is 750. The smallest absolute Gasteiger partial charge is 0.337 e. The Morgan fingerprint density at radius 3 is 2.26 bits per heavy atom. The summed E-state index contributed by atoms with van der Waals surface area (Å²) in [4.78, 5) is 11.4. The van der Waals surface area contributed by atoms with Crippen LogP contribution in [-0.4, -0.2) is 33.4 Å². The number of allylic oxidation sites excluding steroid dienone is 1. The van der Waals surface area contributed by atoms with Crippen LogP contribution in [-0.2, 0) is 4.74 Å². The molecule has 2 aromatic carbocycles. The predicted molar refractivity (Wildman–Crippen MR) is 106 cm³/mol. The van der Waals surface area contributed by atoms with Crippen LogP contribution in [0.4, 0.5) is 0 Å². The van der Waals surface area contributed by atoms with Crippen molar-refractivity contribution in [3.05, 3.63) is 59.7 Å². The molecule has 0 radical (unpaired) electrons. The van der Waals surface area contributed by atoms with Gasteiger partial charge in [-0.25, -0.2) is 4.79 Å². The van der Waals surface area contributed by atoms with E-state index in [-0.39, 0.29) is 5.97 Å². The van der Waals surface area contributed by atoms with Gasteiger partial charge in [0.05, 0.1) is 33.0 Å². The molecule has 0 aliphatic rings. The van der Waals surface area contributed by atoms with Gasteiger partial charge in [0.1, 0.15) is 5.75 Å². The summed E-state index contributed by atoms with van der Waals surface area (Å²) in [6.07, 6.45) is 5.72. The van der Waals surface area contributed by atoms with Gasteiger partial charge < -0.3 is 18.9 Å². The van der Waals surface area contributed by atoms with Gasteiger partial charge in [-0.15, -0.1) is 0 Å². The monoisotopic (exact) mass is 370 g/mol. The standard InChI is InChI=1S/C22H26O5/c1-4-7-17-8-13-20(21(16-17)24-2)27-15-6-5-14-26-19-11-9-18(10-12-19)22(23)25-3/h4,7-13,16H,5-6,14-15H2,1-3H3. The molecule has 0 saturated heterocycles. The minimum atomic E-state index is -0.354. The van der Waals surface area contributed by atoms with E-state index in [9.17, 15) is 4.79 Å². The maximum Gasteiger partial charge on any atom is 0.337 e. The lowest BCUT2D eigenvalue weighted by Gasteiger charge is -2.11. The second kappa shape index (κ2) is 10.9. The van der Waals surface area contributed by atoms with E-state index >= 15 is 0 Å². The molecular weight excluding hydrogens is 344 g/mol. The molecule has 0 aliphatic heterocycles. The van der Waals surface area contributed by atoms with Gasteiger partial charge >= 0.3 is 5.97 Å². The highest BCUT2D eigenvalue weighted by Crippen LogP contribution is 2.28. The number of methoxy groups -OCH3 is 2. The number of benzene rings is 2. The molecule has 2 aromatic rings. The van der Waals surface area contributed by atoms with E-state index in [0.29, 0.717) is 18.8 Å². The van der Waals surface area contributed by atoms with Gasteiger partial charge in [-0.1, -0.05) is 18.2 Å². The molecule has 0 atom stereocenters. The highest BCUT2D eigenvalue weighted by molar-refractivity contribution is 5.89. The SMILES string of the molecule is CC=Cc1ccc(OCCCCOc2ccc(C(=O)OC)cc2)c(OC)c1. The summed E-state index contributed by atoms with van der Waals surface area (Å²) in [6, 6.07) is 12.8. The zero-order valence-electron chi connectivity index (χ0n) is 16.1. The summed E-state index contributed by atoms with van der Waals surface area (Å²) >= 11 is 0. The Morgan fingerprint density at radius 1 is 0.926 bits per heavy atom. The average Bonchev–Trinajstić information content (AvgIpc) is 2.71. The Labute approximate surface area is 160 Å². The molecule has 0 spiro atoms. The fraction of sp³-hybridized carbons (Fsp3) is 0.318. The van der Waals surface area contributed by atoms with E-state index in [1.54, 1.807) is 31.4 Å². The maximum atomic E-state index is 11.4. The van der Waals surface area contributed by atoms with Gasteiger partial charge in [0, 0.05) is 0 Å². The first-order chi connectivity index (χ1) is 13.2. The fourth-order valence-corrected chi connectivity index (χ4v) is 2.48. The van der Waals surface area contributed by atoms with Gasteiger partial charge in [0.2, 0.25) is 0 Å². The van der Waals surface area contributed by atoms with Crippen LogP contribution in [0.25, 0.3) is 6.08 Å². The summed E-state index contributed by atoms with van der Waals surface area (Å²) in [5.41, 5.74) is 1.58. The summed E-state index contributed by atoms with van der Waals surface area (Å²) in [6.45, 7) is 3.15. The number of hydrogen-bond acceptors (Lipinski definition) is 5. The summed E-state index contributed by atoms with van der Waals surface area (Å²) < 4.78 is 21.5. The van der Waals surface area contributed by atoms with E-state index in [0.717, 1.165) is 35.7 Å². The molecule has 144 valence electrons. The van der Waals surface area contributed by atoms with E-state index in [1.165, 1.54) is 7.11 Å². The quantitative estimate of drug-likeness (QED) is 0.446. The molecule has 0 amide bonds. The van der Waals surface area contributed by atoms with Gasteiger partial charge in [-0.05, 0) is 61.7 Å². The number of rotatable bonds is 10. The van der Waals surface area contributed by atoms with Crippen molar-refractivity contribution in [1.29, 1.82) is 0 Å². The number of ether oxygens (including phenoxy) is 4. The van der Waals surface area contributed by atoms with Crippen molar-refractivity contribution in [2.75, 3.05) is 27.4 Å². The minimum absolute atomic E-state index is 0.354. The second-order valence-electron chi connectivity index (χ2n) is 5.83. The van der Waals surface area contributed by atoms with Crippen molar-refractivity contribution in [2.24, 2.45) is 0 Å². The third kappa shape index (κ3) is 6.37. The van der Waals surface area contributed by atoms with E-state index in [1.807, 2.05) is 37.3 Å². The molecule has 0 N–H and O–H groups in total. The Hall–Kier alpha value is -2.95. The molecule has 5 heteroatoms. The summed E-state index contributed by atoms with van der Waals surface area (Å²) in [5, 5.41) is 0. The number of hydrogen-bond donors (Lipinski definition) is 0. The molecule has 0 bridgehead atoms. The van der Waals surface area contributed by atoms with Crippen LogP contribution in [0.15, 0.2) is 48.5 Å². The summed E-state index contributed by atoms with van der Waals surface area (Å²) in [7, 11) is 3.00. The molecule has 0 saturated carbocycles. The van der Waals surface area contributed by atoms with Crippen molar-refractivity contribution < 1.29 is 23.7 Å². The van der Waals surface area contributed by atoms with E-state index < -0.39 is 0 Å². The lowest BCUT2D eigenvalue weighted by molar-refractivity contribution is 0.0600. The first kappa shape index (κ1) is 20.4. The molecular formula is C22H26O5. The number of carbonyl (C=O) groups excluding carboxylic acids is 1. The third-order valence-corrected chi connectivity index (χ3v) is 3.89. The fourth-order valence-electron chi connectivity index (χ4n) is 2.48. The maximum absolute atomic E-state index is 11.4. The lowest BCUT2D eigenvalue weighted by Crippen LogP contribution is -2.04. The first-order valence-corrected chi connectivity index (χ1v) is 8.92. The highest BCUT2D eigenvalue weighted by Gasteiger charge is 2.06. The lowest BCUT2D eigenvalue weighted by atomic mass is 10.2. The van der Waals surface area contributed by atoms with Crippen LogP contribution >= 0.6 is 0 Å². The largest absolute Gasteiger partial charge is 0.494 e. The van der Waals surface area contributed by atoms with Gasteiger partial charge in [-0.2, -0.15) is 0 Å². The topological polar surface area (TPSA) is 54.0 Å². The van der Waals surface area contributed by atoms with Crippen molar-refractivity contribution in [3.63, 3.8) is 0 Å². The van der Waals surface area contributed by atoms with E-state index in [4.69, 9.17) is 14.2 Å². The highest BCUT2D eigenvalue weighted by atomic mass is 16.5.